The molecule has 0 aliphatic heterocycles. The number of nitrogens with zero attached hydrogens (tertiary/aromatic N) is 2. The van der Waals surface area contributed by atoms with Crippen molar-refractivity contribution >= 4 is 46.0 Å². The minimum Gasteiger partial charge on any atom is -0.325 e. The van der Waals surface area contributed by atoms with Crippen molar-refractivity contribution in [1.29, 1.82) is 0 Å². The average Bonchev–Trinajstić information content (AvgIpc) is 2.76. The first-order valence-corrected chi connectivity index (χ1v) is 11.3. The second kappa shape index (κ2) is 9.50. The van der Waals surface area contributed by atoms with Gasteiger partial charge in [-0.2, -0.15) is 0 Å². The van der Waals surface area contributed by atoms with Crippen LogP contribution in [0.3, 0.4) is 0 Å². The van der Waals surface area contributed by atoms with Gasteiger partial charge in [0.1, 0.15) is 5.03 Å². The third-order valence-corrected chi connectivity index (χ3v) is 6.15. The largest absolute Gasteiger partial charge is 0.325 e. The number of para-hydroxylation sites is 2. The van der Waals surface area contributed by atoms with Crippen LogP contribution < -0.4 is 5.32 Å². The molecule has 0 saturated carbocycles. The van der Waals surface area contributed by atoms with Crippen LogP contribution in [0.15, 0.2) is 71.8 Å². The zero-order chi connectivity index (χ0) is 21.8. The fourth-order valence-electron chi connectivity index (χ4n) is 3.20. The van der Waals surface area contributed by atoms with E-state index in [1.165, 1.54) is 17.3 Å². The van der Waals surface area contributed by atoms with Gasteiger partial charge in [0, 0.05) is 17.1 Å². The molecule has 0 fully saturated rings. The van der Waals surface area contributed by atoms with Crippen LogP contribution in [-0.4, -0.2) is 21.6 Å². The van der Waals surface area contributed by atoms with Crippen LogP contribution in [0.5, 0.6) is 0 Å². The number of nitrogens with one attached hydrogen (secondary N) is 1. The Hall–Kier alpha value is -2.89. The van der Waals surface area contributed by atoms with Crippen molar-refractivity contribution in [3.63, 3.8) is 0 Å². The zero-order valence-corrected chi connectivity index (χ0v) is 18.9. The van der Waals surface area contributed by atoms with E-state index in [-0.39, 0.29) is 11.7 Å². The summed E-state index contributed by atoms with van der Waals surface area (Å²) in [6, 6.07) is 21.7. The third kappa shape index (κ3) is 5.43. The monoisotopic (exact) mass is 447 g/mol. The first kappa shape index (κ1) is 21.3. The Bertz CT molecular complexity index is 1240. The van der Waals surface area contributed by atoms with E-state index in [1.807, 2.05) is 43.3 Å². The van der Waals surface area contributed by atoms with Gasteiger partial charge in [-0.05, 0) is 49.2 Å². The number of rotatable bonds is 6. The van der Waals surface area contributed by atoms with Crippen LogP contribution in [0.1, 0.15) is 22.4 Å². The van der Waals surface area contributed by atoms with Gasteiger partial charge in [-0.3, -0.25) is 4.79 Å². The molecule has 6 heteroatoms. The van der Waals surface area contributed by atoms with Crippen LogP contribution in [0.4, 0.5) is 5.69 Å². The molecule has 0 atom stereocenters. The van der Waals surface area contributed by atoms with Crippen molar-refractivity contribution in [2.45, 2.75) is 25.3 Å². The molecular formula is C25H22ClN3OS. The molecule has 156 valence electrons. The first-order valence-electron chi connectivity index (χ1n) is 9.98. The summed E-state index contributed by atoms with van der Waals surface area (Å²) in [5.41, 5.74) is 6.62. The van der Waals surface area contributed by atoms with Crippen molar-refractivity contribution in [3.8, 4) is 0 Å². The average molecular weight is 448 g/mol. The smallest absolute Gasteiger partial charge is 0.234 e. The van der Waals surface area contributed by atoms with Gasteiger partial charge in [-0.15, -0.1) is 0 Å². The van der Waals surface area contributed by atoms with Gasteiger partial charge in [0.05, 0.1) is 22.5 Å². The molecule has 1 heterocycles. The standard InChI is InChI=1S/C25H22ClN3OS/c1-16-7-10-18(11-8-16)13-23-25(29-21-6-4-3-5-20(21)27-23)31-15-24(30)28-22-14-19(26)12-9-17(22)2/h3-12,14H,13,15H2,1-2H3,(H,28,30). The number of benzene rings is 3. The van der Waals surface area contributed by atoms with Gasteiger partial charge >= 0.3 is 0 Å². The van der Waals surface area contributed by atoms with E-state index in [4.69, 9.17) is 21.6 Å². The number of halogens is 1. The first-order chi connectivity index (χ1) is 15.0. The van der Waals surface area contributed by atoms with Gasteiger partial charge in [0.15, 0.2) is 0 Å². The van der Waals surface area contributed by atoms with Crippen LogP contribution in [0.2, 0.25) is 5.02 Å². The highest BCUT2D eigenvalue weighted by Gasteiger charge is 2.13. The van der Waals surface area contributed by atoms with Gasteiger partial charge in [-0.25, -0.2) is 9.97 Å². The summed E-state index contributed by atoms with van der Waals surface area (Å²) in [5.74, 6) is 0.131. The Morgan fingerprint density at radius 1 is 0.968 bits per heavy atom. The maximum absolute atomic E-state index is 12.6. The summed E-state index contributed by atoms with van der Waals surface area (Å²) < 4.78 is 0. The minimum atomic E-state index is -0.105. The lowest BCUT2D eigenvalue weighted by atomic mass is 10.1. The van der Waals surface area contributed by atoms with E-state index in [0.29, 0.717) is 11.4 Å². The predicted octanol–water partition coefficient (Wildman–Crippen LogP) is 6.22. The Balaban J connectivity index is 1.55. The predicted molar refractivity (Wildman–Crippen MR) is 129 cm³/mol. The van der Waals surface area contributed by atoms with E-state index in [1.54, 1.807) is 6.07 Å². The molecule has 0 aliphatic carbocycles. The fourth-order valence-corrected chi connectivity index (χ4v) is 4.16. The van der Waals surface area contributed by atoms with Crippen molar-refractivity contribution in [1.82, 2.24) is 9.97 Å². The van der Waals surface area contributed by atoms with Crippen LogP contribution in [0.25, 0.3) is 11.0 Å². The Morgan fingerprint density at radius 3 is 2.42 bits per heavy atom. The molecular weight excluding hydrogens is 426 g/mol. The van der Waals surface area contributed by atoms with Gasteiger partial charge in [-0.1, -0.05) is 71.4 Å². The number of aryl methyl sites for hydroxylation is 2. The summed E-state index contributed by atoms with van der Waals surface area (Å²) in [6.45, 7) is 4.01. The van der Waals surface area contributed by atoms with E-state index in [9.17, 15) is 4.79 Å². The molecule has 4 aromatic rings. The second-order valence-electron chi connectivity index (χ2n) is 7.42. The molecule has 3 aromatic carbocycles. The number of thioether (sulfide) groups is 1. The Kier molecular flexibility index (Phi) is 6.54. The lowest BCUT2D eigenvalue weighted by Crippen LogP contribution is -2.15. The van der Waals surface area contributed by atoms with Crippen molar-refractivity contribution in [3.05, 3.63) is 94.1 Å². The molecule has 1 N–H and O–H groups in total. The fraction of sp³-hybridized carbons (Fsp3) is 0.160. The van der Waals surface area contributed by atoms with Crippen molar-refractivity contribution in [2.24, 2.45) is 0 Å². The van der Waals surface area contributed by atoms with Crippen molar-refractivity contribution < 1.29 is 4.79 Å². The number of anilines is 1. The molecule has 4 rings (SSSR count). The number of carbonyl (C=O) groups is 1. The summed E-state index contributed by atoms with van der Waals surface area (Å²) in [6.07, 6.45) is 0.662. The SMILES string of the molecule is Cc1ccc(Cc2nc3ccccc3nc2SCC(=O)Nc2cc(Cl)ccc2C)cc1. The van der Waals surface area contributed by atoms with Crippen LogP contribution in [-0.2, 0) is 11.2 Å². The van der Waals surface area contributed by atoms with Crippen molar-refractivity contribution in [2.75, 3.05) is 11.1 Å². The highest BCUT2D eigenvalue weighted by atomic mass is 35.5. The zero-order valence-electron chi connectivity index (χ0n) is 17.4. The Morgan fingerprint density at radius 2 is 1.68 bits per heavy atom. The number of carbonyl (C=O) groups excluding carboxylic acids is 1. The normalized spacial score (nSPS) is 10.9. The number of hydrogen-bond acceptors (Lipinski definition) is 4. The maximum Gasteiger partial charge on any atom is 0.234 e. The number of aromatic nitrogens is 2. The molecule has 1 amide bonds. The number of amides is 1. The molecule has 31 heavy (non-hydrogen) atoms. The summed E-state index contributed by atoms with van der Waals surface area (Å²) in [5, 5.41) is 4.31. The Labute approximate surface area is 191 Å². The summed E-state index contributed by atoms with van der Waals surface area (Å²) in [7, 11) is 0. The minimum absolute atomic E-state index is 0.105. The number of fused-ring (bicyclic) bond motifs is 1. The molecule has 4 nitrogen and oxygen atoms in total. The molecule has 1 aromatic heterocycles. The molecule has 0 bridgehead atoms. The van der Waals surface area contributed by atoms with Crippen LogP contribution >= 0.6 is 23.4 Å². The lowest BCUT2D eigenvalue weighted by molar-refractivity contribution is -0.113. The lowest BCUT2D eigenvalue weighted by Gasteiger charge is -2.11. The van der Waals surface area contributed by atoms with E-state index >= 15 is 0 Å². The summed E-state index contributed by atoms with van der Waals surface area (Å²) in [4.78, 5) is 22.2. The summed E-state index contributed by atoms with van der Waals surface area (Å²) >= 11 is 7.46. The van der Waals surface area contributed by atoms with Gasteiger partial charge < -0.3 is 5.32 Å². The van der Waals surface area contributed by atoms with E-state index in [0.717, 1.165) is 38.6 Å². The van der Waals surface area contributed by atoms with E-state index in [2.05, 4.69) is 36.5 Å². The number of hydrogen-bond donors (Lipinski definition) is 1. The molecule has 0 saturated heterocycles. The highest BCUT2D eigenvalue weighted by Crippen LogP contribution is 2.26. The third-order valence-electron chi connectivity index (χ3n) is 4.91. The molecule has 0 spiro atoms. The molecule has 0 unspecified atom stereocenters. The highest BCUT2D eigenvalue weighted by molar-refractivity contribution is 8.00. The van der Waals surface area contributed by atoms with Crippen LogP contribution in [0, 0.1) is 13.8 Å². The second-order valence-corrected chi connectivity index (χ2v) is 8.82. The molecule has 0 radical (unpaired) electrons. The van der Waals surface area contributed by atoms with E-state index < -0.39 is 0 Å². The quantitative estimate of drug-likeness (QED) is 0.356. The topological polar surface area (TPSA) is 54.9 Å². The maximum atomic E-state index is 12.6. The molecule has 0 aliphatic rings. The van der Waals surface area contributed by atoms with Gasteiger partial charge in [0.25, 0.3) is 0 Å². The van der Waals surface area contributed by atoms with Gasteiger partial charge in [0.2, 0.25) is 5.91 Å².